The summed E-state index contributed by atoms with van der Waals surface area (Å²) in [6, 6.07) is 66.6. The van der Waals surface area contributed by atoms with Crippen LogP contribution >= 0.6 is 0 Å². The van der Waals surface area contributed by atoms with Crippen molar-refractivity contribution in [2.75, 3.05) is 0 Å². The molecule has 0 saturated heterocycles. The fourth-order valence-electron chi connectivity index (χ4n) is 8.98. The van der Waals surface area contributed by atoms with Gasteiger partial charge in [-0.2, -0.15) is 0 Å². The van der Waals surface area contributed by atoms with Crippen LogP contribution in [0.5, 0.6) is 0 Å². The molecule has 0 aliphatic carbocycles. The van der Waals surface area contributed by atoms with Crippen molar-refractivity contribution in [2.45, 2.75) is 0 Å². The summed E-state index contributed by atoms with van der Waals surface area (Å²) in [6.45, 7) is 0. The van der Waals surface area contributed by atoms with Crippen molar-refractivity contribution in [1.82, 2.24) is 23.9 Å². The maximum absolute atomic E-state index is 5.19. The molecule has 8 aromatic carbocycles. The molecule has 4 aromatic heterocycles. The van der Waals surface area contributed by atoms with E-state index in [0.29, 0.717) is 17.5 Å². The zero-order valence-electron chi connectivity index (χ0n) is 30.1. The lowest BCUT2D eigenvalue weighted by Crippen LogP contribution is -2.00. The van der Waals surface area contributed by atoms with Crippen molar-refractivity contribution < 1.29 is 0 Å². The molecule has 12 rings (SSSR count). The Morgan fingerprint density at radius 3 is 1.54 bits per heavy atom. The number of rotatable bonds is 5. The molecule has 0 spiro atoms. The Balaban J connectivity index is 1.17. The fourth-order valence-corrected chi connectivity index (χ4v) is 8.98. The zero-order valence-corrected chi connectivity index (χ0v) is 30.1. The third kappa shape index (κ3) is 4.39. The van der Waals surface area contributed by atoms with Gasteiger partial charge in [-0.15, -0.1) is 0 Å². The van der Waals surface area contributed by atoms with Crippen LogP contribution < -0.4 is 0 Å². The van der Waals surface area contributed by atoms with Gasteiger partial charge in [0.05, 0.1) is 27.6 Å². The lowest BCUT2D eigenvalue weighted by Gasteiger charge is -2.10. The van der Waals surface area contributed by atoms with E-state index >= 15 is 0 Å². The largest absolute Gasteiger partial charge is 0.309 e. The minimum atomic E-state index is 0.652. The summed E-state index contributed by atoms with van der Waals surface area (Å²) in [5, 5.41) is 7.21. The summed E-state index contributed by atoms with van der Waals surface area (Å²) in [7, 11) is 0. The first-order valence-electron chi connectivity index (χ1n) is 19.0. The Kier molecular flexibility index (Phi) is 6.56. The SMILES string of the molecule is c1ccc(-c2nc(-c3ccccc3)nc(-c3ccc4c5cccc(-c6cccc7c6c6ccccc6n7-c6ccccc6)c5n5c6ccccc6c3c45)n2)cc1. The quantitative estimate of drug-likeness (QED) is 0.178. The zero-order chi connectivity index (χ0) is 36.7. The Morgan fingerprint density at radius 1 is 0.304 bits per heavy atom. The average molecular weight is 714 g/mol. The molecule has 0 aliphatic heterocycles. The lowest BCUT2D eigenvalue weighted by molar-refractivity contribution is 1.08. The van der Waals surface area contributed by atoms with Crippen molar-refractivity contribution in [2.24, 2.45) is 0 Å². The maximum atomic E-state index is 5.19. The summed E-state index contributed by atoms with van der Waals surface area (Å²) in [6.07, 6.45) is 0. The second-order valence-electron chi connectivity index (χ2n) is 14.4. The molecule has 4 heterocycles. The number of benzene rings is 8. The number of hydrogen-bond acceptors (Lipinski definition) is 3. The standard InChI is InChI=1S/C51H31N5/c1-4-16-32(17-5-1)49-52-50(33-18-6-2-7-19-33)54-51(53-49)41-31-30-38-37-26-14-25-36(47(37)56-43-28-13-11-23-40(43)46(41)48(38)56)35-24-15-29-44-45(35)39-22-10-12-27-42(39)55(44)34-20-8-3-9-21-34/h1-31H. The highest BCUT2D eigenvalue weighted by molar-refractivity contribution is 6.29. The van der Waals surface area contributed by atoms with E-state index in [9.17, 15) is 0 Å². The van der Waals surface area contributed by atoms with E-state index < -0.39 is 0 Å². The monoisotopic (exact) mass is 713 g/mol. The third-order valence-electron chi connectivity index (χ3n) is 11.3. The number of para-hydroxylation sites is 4. The smallest absolute Gasteiger partial charge is 0.164 e. The molecule has 0 aliphatic rings. The molecule has 0 amide bonds. The van der Waals surface area contributed by atoms with Crippen molar-refractivity contribution in [3.8, 4) is 51.0 Å². The Hall–Kier alpha value is -7.63. The fraction of sp³-hybridized carbons (Fsp3) is 0. The lowest BCUT2D eigenvalue weighted by atomic mass is 9.96. The van der Waals surface area contributed by atoms with Gasteiger partial charge >= 0.3 is 0 Å². The first-order chi connectivity index (χ1) is 27.8. The highest BCUT2D eigenvalue weighted by atomic mass is 15.0. The molecule has 0 radical (unpaired) electrons. The molecule has 12 aromatic rings. The first-order valence-corrected chi connectivity index (χ1v) is 19.0. The molecule has 5 heteroatoms. The Morgan fingerprint density at radius 2 is 0.821 bits per heavy atom. The van der Waals surface area contributed by atoms with Crippen molar-refractivity contribution in [3.63, 3.8) is 0 Å². The van der Waals surface area contributed by atoms with Gasteiger partial charge in [0.25, 0.3) is 0 Å². The summed E-state index contributed by atoms with van der Waals surface area (Å²) in [5.41, 5.74) is 12.3. The van der Waals surface area contributed by atoms with Gasteiger partial charge in [0.2, 0.25) is 0 Å². The van der Waals surface area contributed by atoms with Crippen LogP contribution in [0.2, 0.25) is 0 Å². The maximum Gasteiger partial charge on any atom is 0.164 e. The van der Waals surface area contributed by atoms with Crippen LogP contribution in [0, 0.1) is 0 Å². The molecule has 5 nitrogen and oxygen atoms in total. The molecular weight excluding hydrogens is 683 g/mol. The number of hydrogen-bond donors (Lipinski definition) is 0. The van der Waals surface area contributed by atoms with E-state index in [4.69, 9.17) is 15.0 Å². The van der Waals surface area contributed by atoms with Crippen LogP contribution in [-0.4, -0.2) is 23.9 Å². The van der Waals surface area contributed by atoms with Gasteiger partial charge < -0.3 is 8.97 Å². The Labute approximate surface area is 321 Å². The summed E-state index contributed by atoms with van der Waals surface area (Å²) < 4.78 is 4.88. The molecule has 0 N–H and O–H groups in total. The van der Waals surface area contributed by atoms with Crippen LogP contribution in [0.1, 0.15) is 0 Å². The highest BCUT2D eigenvalue weighted by Gasteiger charge is 2.25. The van der Waals surface area contributed by atoms with Crippen molar-refractivity contribution in [1.29, 1.82) is 0 Å². The number of nitrogens with zero attached hydrogens (tertiary/aromatic N) is 5. The van der Waals surface area contributed by atoms with Gasteiger partial charge in [-0.1, -0.05) is 152 Å². The Bertz CT molecular complexity index is 3400. The van der Waals surface area contributed by atoms with E-state index in [-0.39, 0.29) is 0 Å². The van der Waals surface area contributed by atoms with Crippen LogP contribution in [-0.2, 0) is 0 Å². The van der Waals surface area contributed by atoms with Gasteiger partial charge in [-0.25, -0.2) is 15.0 Å². The second kappa shape index (κ2) is 11.9. The van der Waals surface area contributed by atoms with Crippen molar-refractivity contribution in [3.05, 3.63) is 188 Å². The predicted octanol–water partition coefficient (Wildman–Crippen LogP) is 12.8. The van der Waals surface area contributed by atoms with Crippen LogP contribution in [0.25, 0.3) is 111 Å². The minimum absolute atomic E-state index is 0.652. The summed E-state index contributed by atoms with van der Waals surface area (Å²) in [5.74, 6) is 1.96. The molecule has 0 atom stereocenters. The molecule has 0 unspecified atom stereocenters. The van der Waals surface area contributed by atoms with Crippen molar-refractivity contribution >= 4 is 59.9 Å². The third-order valence-corrected chi connectivity index (χ3v) is 11.3. The van der Waals surface area contributed by atoms with Crippen LogP contribution in [0.15, 0.2) is 188 Å². The molecule has 0 saturated carbocycles. The van der Waals surface area contributed by atoms with E-state index in [0.717, 1.165) is 33.3 Å². The molecule has 0 bridgehead atoms. The van der Waals surface area contributed by atoms with Gasteiger partial charge in [-0.3, -0.25) is 0 Å². The second-order valence-corrected chi connectivity index (χ2v) is 14.4. The summed E-state index contributed by atoms with van der Waals surface area (Å²) >= 11 is 0. The average Bonchev–Trinajstić information content (AvgIpc) is 3.92. The minimum Gasteiger partial charge on any atom is -0.309 e. The van der Waals surface area contributed by atoms with E-state index in [1.165, 1.54) is 60.1 Å². The normalized spacial score (nSPS) is 11.9. The van der Waals surface area contributed by atoms with Gasteiger partial charge in [0.1, 0.15) is 0 Å². The highest BCUT2D eigenvalue weighted by Crippen LogP contribution is 2.47. The van der Waals surface area contributed by atoms with Gasteiger partial charge in [0.15, 0.2) is 17.5 Å². The van der Waals surface area contributed by atoms with Crippen LogP contribution in [0.3, 0.4) is 0 Å². The first kappa shape index (κ1) is 30.8. The van der Waals surface area contributed by atoms with Gasteiger partial charge in [0, 0.05) is 60.3 Å². The topological polar surface area (TPSA) is 48.0 Å². The predicted molar refractivity (Wildman–Crippen MR) is 231 cm³/mol. The van der Waals surface area contributed by atoms with E-state index in [1.54, 1.807) is 0 Å². The van der Waals surface area contributed by atoms with E-state index in [1.807, 2.05) is 36.4 Å². The number of fused-ring (bicyclic) bond motifs is 9. The van der Waals surface area contributed by atoms with Crippen LogP contribution in [0.4, 0.5) is 0 Å². The molecule has 56 heavy (non-hydrogen) atoms. The summed E-state index contributed by atoms with van der Waals surface area (Å²) in [4.78, 5) is 15.4. The molecule has 0 fully saturated rings. The number of aromatic nitrogens is 5. The molecular formula is C51H31N5. The molecule has 260 valence electrons. The van der Waals surface area contributed by atoms with Gasteiger partial charge in [-0.05, 0) is 42.0 Å². The van der Waals surface area contributed by atoms with E-state index in [2.05, 4.69) is 161 Å².